The van der Waals surface area contributed by atoms with E-state index in [4.69, 9.17) is 4.74 Å². The quantitative estimate of drug-likeness (QED) is 0.862. The first-order valence-corrected chi connectivity index (χ1v) is 7.14. The molecule has 1 N–H and O–H groups in total. The van der Waals surface area contributed by atoms with E-state index in [1.165, 1.54) is 19.1 Å². The van der Waals surface area contributed by atoms with Crippen molar-refractivity contribution in [3.05, 3.63) is 64.5 Å². The number of hydrogen-bond acceptors (Lipinski definition) is 3. The van der Waals surface area contributed by atoms with Crippen LogP contribution >= 0.6 is 0 Å². The minimum absolute atomic E-state index is 0.0831. The van der Waals surface area contributed by atoms with E-state index >= 15 is 0 Å². The fourth-order valence-corrected chi connectivity index (χ4v) is 2.25. The molecule has 0 spiro atoms. The Labute approximate surface area is 134 Å². The highest BCUT2D eigenvalue weighted by molar-refractivity contribution is 5.97. The third-order valence-corrected chi connectivity index (χ3v) is 3.53. The molecular weight excluding hydrogens is 297 g/mol. The average molecular weight is 315 g/mol. The molecule has 0 fully saturated rings. The molecule has 0 aliphatic heterocycles. The third-order valence-electron chi connectivity index (χ3n) is 3.53. The van der Waals surface area contributed by atoms with Gasteiger partial charge in [-0.05, 0) is 43.2 Å². The van der Waals surface area contributed by atoms with Crippen LogP contribution in [-0.4, -0.2) is 18.8 Å². The van der Waals surface area contributed by atoms with Gasteiger partial charge in [-0.1, -0.05) is 18.2 Å². The summed E-state index contributed by atoms with van der Waals surface area (Å²) in [6.07, 6.45) is 0. The van der Waals surface area contributed by atoms with Gasteiger partial charge in [0.15, 0.2) is 5.78 Å². The van der Waals surface area contributed by atoms with E-state index in [0.717, 1.165) is 22.9 Å². The number of aryl methyl sites for hydroxylation is 1. The molecule has 4 nitrogen and oxygen atoms in total. The van der Waals surface area contributed by atoms with Crippen molar-refractivity contribution >= 4 is 11.7 Å². The zero-order valence-electron chi connectivity index (χ0n) is 13.3. The first-order chi connectivity index (χ1) is 10.9. The molecule has 120 valence electrons. The number of ketones is 1. The van der Waals surface area contributed by atoms with Gasteiger partial charge in [-0.25, -0.2) is 4.39 Å². The van der Waals surface area contributed by atoms with Crippen LogP contribution in [0.1, 0.15) is 38.8 Å². The topological polar surface area (TPSA) is 55.4 Å². The van der Waals surface area contributed by atoms with Crippen LogP contribution in [0.3, 0.4) is 0 Å². The van der Waals surface area contributed by atoms with Crippen molar-refractivity contribution in [1.29, 1.82) is 0 Å². The summed E-state index contributed by atoms with van der Waals surface area (Å²) in [7, 11) is 1.59. The monoisotopic (exact) mass is 315 g/mol. The molecule has 0 saturated carbocycles. The molecule has 0 radical (unpaired) electrons. The predicted molar refractivity (Wildman–Crippen MR) is 85.3 cm³/mol. The normalized spacial score (nSPS) is 10.3. The number of ether oxygens (including phenoxy) is 1. The highest BCUT2D eigenvalue weighted by atomic mass is 19.1. The molecule has 0 heterocycles. The van der Waals surface area contributed by atoms with Crippen molar-refractivity contribution in [2.75, 3.05) is 7.11 Å². The molecular formula is C18H18FNO3. The van der Waals surface area contributed by atoms with Crippen LogP contribution in [0.4, 0.5) is 4.39 Å². The smallest absolute Gasteiger partial charge is 0.254 e. The number of rotatable bonds is 5. The molecule has 2 aromatic carbocycles. The standard InChI is InChI=1S/C18H18FNO3/c1-11-8-13(4-7-17(11)23-3)10-20-18(22)15-6-5-14(12(2)21)9-16(15)19/h4-9H,10H2,1-3H3,(H,20,22). The van der Waals surface area contributed by atoms with Crippen molar-refractivity contribution in [3.8, 4) is 5.75 Å². The van der Waals surface area contributed by atoms with E-state index < -0.39 is 11.7 Å². The summed E-state index contributed by atoms with van der Waals surface area (Å²) in [5, 5.41) is 2.66. The van der Waals surface area contributed by atoms with E-state index in [1.54, 1.807) is 7.11 Å². The van der Waals surface area contributed by atoms with Crippen LogP contribution in [-0.2, 0) is 6.54 Å². The van der Waals surface area contributed by atoms with Gasteiger partial charge in [-0.2, -0.15) is 0 Å². The Bertz CT molecular complexity index is 756. The van der Waals surface area contributed by atoms with Gasteiger partial charge in [0.1, 0.15) is 11.6 Å². The van der Waals surface area contributed by atoms with Gasteiger partial charge in [0, 0.05) is 12.1 Å². The van der Waals surface area contributed by atoms with Gasteiger partial charge >= 0.3 is 0 Å². The zero-order chi connectivity index (χ0) is 17.0. The summed E-state index contributed by atoms with van der Waals surface area (Å²) in [4.78, 5) is 23.3. The minimum Gasteiger partial charge on any atom is -0.496 e. The molecule has 0 aromatic heterocycles. The molecule has 0 atom stereocenters. The van der Waals surface area contributed by atoms with E-state index in [9.17, 15) is 14.0 Å². The van der Waals surface area contributed by atoms with Crippen LogP contribution in [0.2, 0.25) is 0 Å². The molecule has 0 aliphatic rings. The Hall–Kier alpha value is -2.69. The molecule has 5 heteroatoms. The van der Waals surface area contributed by atoms with Crippen LogP contribution in [0, 0.1) is 12.7 Å². The third kappa shape index (κ3) is 3.94. The lowest BCUT2D eigenvalue weighted by Gasteiger charge is -2.09. The number of carbonyl (C=O) groups is 2. The SMILES string of the molecule is COc1ccc(CNC(=O)c2ccc(C(C)=O)cc2F)cc1C. The largest absolute Gasteiger partial charge is 0.496 e. The summed E-state index contributed by atoms with van der Waals surface area (Å²) >= 11 is 0. The first kappa shape index (κ1) is 16.7. The fourth-order valence-electron chi connectivity index (χ4n) is 2.25. The number of hydrogen-bond donors (Lipinski definition) is 1. The van der Waals surface area contributed by atoms with Crippen LogP contribution in [0.5, 0.6) is 5.75 Å². The number of benzene rings is 2. The Balaban J connectivity index is 2.08. The van der Waals surface area contributed by atoms with E-state index in [1.807, 2.05) is 25.1 Å². The number of halogens is 1. The lowest BCUT2D eigenvalue weighted by Crippen LogP contribution is -2.24. The molecule has 0 saturated heterocycles. The summed E-state index contributed by atoms with van der Waals surface area (Å²) in [6, 6.07) is 9.39. The number of Topliss-reactive ketones (excluding diaryl/α,β-unsaturated/α-hetero) is 1. The number of nitrogens with one attached hydrogen (secondary N) is 1. The summed E-state index contributed by atoms with van der Waals surface area (Å²) < 4.78 is 19.1. The molecule has 0 bridgehead atoms. The lowest BCUT2D eigenvalue weighted by atomic mass is 10.1. The van der Waals surface area contributed by atoms with E-state index in [2.05, 4.69) is 5.32 Å². The molecule has 0 unspecified atom stereocenters. The van der Waals surface area contributed by atoms with Gasteiger partial charge in [0.2, 0.25) is 0 Å². The van der Waals surface area contributed by atoms with Gasteiger partial charge in [-0.3, -0.25) is 9.59 Å². The highest BCUT2D eigenvalue weighted by Crippen LogP contribution is 2.18. The van der Waals surface area contributed by atoms with Gasteiger partial charge in [0.05, 0.1) is 12.7 Å². The summed E-state index contributed by atoms with van der Waals surface area (Å²) in [6.45, 7) is 3.53. The Morgan fingerprint density at radius 1 is 1.17 bits per heavy atom. The highest BCUT2D eigenvalue weighted by Gasteiger charge is 2.13. The van der Waals surface area contributed by atoms with Crippen molar-refractivity contribution in [3.63, 3.8) is 0 Å². The second kappa shape index (κ2) is 7.05. The van der Waals surface area contributed by atoms with Crippen LogP contribution < -0.4 is 10.1 Å². The van der Waals surface area contributed by atoms with Gasteiger partial charge in [-0.15, -0.1) is 0 Å². The average Bonchev–Trinajstić information content (AvgIpc) is 2.52. The first-order valence-electron chi connectivity index (χ1n) is 7.14. The summed E-state index contributed by atoms with van der Waals surface area (Å²) in [5.41, 5.74) is 2.00. The molecule has 0 aliphatic carbocycles. The predicted octanol–water partition coefficient (Wildman–Crippen LogP) is 3.28. The Morgan fingerprint density at radius 2 is 1.91 bits per heavy atom. The number of amides is 1. The van der Waals surface area contributed by atoms with Gasteiger partial charge < -0.3 is 10.1 Å². The second-order valence-electron chi connectivity index (χ2n) is 5.24. The molecule has 23 heavy (non-hydrogen) atoms. The summed E-state index contributed by atoms with van der Waals surface area (Å²) in [5.74, 6) is -0.706. The Morgan fingerprint density at radius 3 is 2.48 bits per heavy atom. The van der Waals surface area contributed by atoms with Crippen molar-refractivity contribution in [2.24, 2.45) is 0 Å². The maximum Gasteiger partial charge on any atom is 0.254 e. The minimum atomic E-state index is -0.707. The Kier molecular flexibility index (Phi) is 5.11. The number of methoxy groups -OCH3 is 1. The molecule has 2 aromatic rings. The fraction of sp³-hybridized carbons (Fsp3) is 0.222. The van der Waals surface area contributed by atoms with Crippen molar-refractivity contribution < 1.29 is 18.7 Å². The molecule has 2 rings (SSSR count). The van der Waals surface area contributed by atoms with Crippen LogP contribution in [0.15, 0.2) is 36.4 Å². The second-order valence-corrected chi connectivity index (χ2v) is 5.24. The number of carbonyl (C=O) groups excluding carboxylic acids is 2. The maximum absolute atomic E-state index is 13.9. The lowest BCUT2D eigenvalue weighted by molar-refractivity contribution is 0.0944. The van der Waals surface area contributed by atoms with Gasteiger partial charge in [0.25, 0.3) is 5.91 Å². The molecule has 1 amide bonds. The maximum atomic E-state index is 13.9. The zero-order valence-corrected chi connectivity index (χ0v) is 13.3. The van der Waals surface area contributed by atoms with Crippen molar-refractivity contribution in [2.45, 2.75) is 20.4 Å². The van der Waals surface area contributed by atoms with E-state index in [0.29, 0.717) is 0 Å². The van der Waals surface area contributed by atoms with E-state index in [-0.39, 0.29) is 23.5 Å². The van der Waals surface area contributed by atoms with Crippen molar-refractivity contribution in [1.82, 2.24) is 5.32 Å². The van der Waals surface area contributed by atoms with Crippen LogP contribution in [0.25, 0.3) is 0 Å².